The van der Waals surface area contributed by atoms with Crippen molar-refractivity contribution in [3.63, 3.8) is 0 Å². The Bertz CT molecular complexity index is 469. The fourth-order valence-electron chi connectivity index (χ4n) is 4.08. The van der Waals surface area contributed by atoms with Crippen molar-refractivity contribution in [2.24, 2.45) is 11.8 Å². The Hall–Kier alpha value is -1.98. The third kappa shape index (κ3) is 9.37. The first-order valence-corrected chi connectivity index (χ1v) is 10.9. The lowest BCUT2D eigenvalue weighted by Crippen LogP contribution is -2.24. The highest BCUT2D eigenvalue weighted by atomic mass is 16.5. The van der Waals surface area contributed by atoms with Gasteiger partial charge in [-0.15, -0.1) is 0 Å². The Morgan fingerprint density at radius 3 is 1.41 bits per heavy atom. The second kappa shape index (κ2) is 13.3. The van der Waals surface area contributed by atoms with Crippen molar-refractivity contribution in [3.05, 3.63) is 25.7 Å². The van der Waals surface area contributed by atoms with Gasteiger partial charge in [0.15, 0.2) is 0 Å². The summed E-state index contributed by atoms with van der Waals surface area (Å²) < 4.78 is 21.6. The highest BCUT2D eigenvalue weighted by Gasteiger charge is 2.24. The largest absolute Gasteiger partial charge is 0.499 e. The van der Waals surface area contributed by atoms with Gasteiger partial charge in [-0.25, -0.2) is 0 Å². The standard InChI is InChI=1S/C23H36O6/c1-3-26-20-12-8-18(9-13-20)16-28-22(24)6-5-7-23(25)29-17-19-10-14-21(15-11-19)27-4-2/h3-4,18-21H,1-2,5-17H2. The van der Waals surface area contributed by atoms with Gasteiger partial charge in [-0.05, 0) is 69.6 Å². The maximum absolute atomic E-state index is 11.9. The van der Waals surface area contributed by atoms with Crippen molar-refractivity contribution in [1.29, 1.82) is 0 Å². The van der Waals surface area contributed by atoms with E-state index in [1.807, 2.05) is 0 Å². The molecule has 2 aliphatic carbocycles. The maximum atomic E-state index is 11.9. The first-order valence-electron chi connectivity index (χ1n) is 10.9. The van der Waals surface area contributed by atoms with E-state index >= 15 is 0 Å². The molecule has 0 spiro atoms. The predicted octanol–water partition coefficient (Wildman–Crippen LogP) is 4.68. The fraction of sp³-hybridized carbons (Fsp3) is 0.739. The van der Waals surface area contributed by atoms with E-state index in [0.29, 0.717) is 31.5 Å². The van der Waals surface area contributed by atoms with E-state index < -0.39 is 0 Å². The van der Waals surface area contributed by atoms with E-state index in [9.17, 15) is 9.59 Å². The average Bonchev–Trinajstić information content (AvgIpc) is 2.73. The van der Waals surface area contributed by atoms with Gasteiger partial charge < -0.3 is 18.9 Å². The Kier molecular flexibility index (Phi) is 10.7. The van der Waals surface area contributed by atoms with Crippen LogP contribution < -0.4 is 0 Å². The third-order valence-electron chi connectivity index (χ3n) is 5.89. The van der Waals surface area contributed by atoms with Crippen LogP contribution in [0.15, 0.2) is 25.7 Å². The van der Waals surface area contributed by atoms with Gasteiger partial charge in [-0.3, -0.25) is 9.59 Å². The van der Waals surface area contributed by atoms with Crippen molar-refractivity contribution < 1.29 is 28.5 Å². The van der Waals surface area contributed by atoms with Gasteiger partial charge in [0.05, 0.1) is 37.9 Å². The molecule has 2 aliphatic rings. The maximum Gasteiger partial charge on any atom is 0.305 e. The normalized spacial score (nSPS) is 26.8. The zero-order valence-electron chi connectivity index (χ0n) is 17.5. The van der Waals surface area contributed by atoms with E-state index in [4.69, 9.17) is 18.9 Å². The number of hydrogen-bond donors (Lipinski definition) is 0. The van der Waals surface area contributed by atoms with Crippen molar-refractivity contribution in [2.45, 2.75) is 82.8 Å². The predicted molar refractivity (Wildman–Crippen MR) is 110 cm³/mol. The molecule has 0 radical (unpaired) electrons. The third-order valence-corrected chi connectivity index (χ3v) is 5.89. The molecule has 0 heterocycles. The molecule has 0 amide bonds. The van der Waals surface area contributed by atoms with E-state index in [0.717, 1.165) is 51.4 Å². The average molecular weight is 409 g/mol. The fourth-order valence-corrected chi connectivity index (χ4v) is 4.08. The number of hydrogen-bond acceptors (Lipinski definition) is 6. The minimum atomic E-state index is -0.234. The van der Waals surface area contributed by atoms with Gasteiger partial charge >= 0.3 is 11.9 Å². The molecule has 0 aromatic carbocycles. The topological polar surface area (TPSA) is 71.1 Å². The molecule has 0 aliphatic heterocycles. The van der Waals surface area contributed by atoms with Crippen LogP contribution in [0.4, 0.5) is 0 Å². The van der Waals surface area contributed by atoms with E-state index in [-0.39, 0.29) is 37.0 Å². The molecule has 0 N–H and O–H groups in total. The smallest absolute Gasteiger partial charge is 0.305 e. The molecule has 0 aromatic rings. The molecule has 164 valence electrons. The van der Waals surface area contributed by atoms with Gasteiger partial charge in [0.1, 0.15) is 0 Å². The molecule has 0 saturated heterocycles. The molecule has 2 saturated carbocycles. The summed E-state index contributed by atoms with van der Waals surface area (Å²) in [6, 6.07) is 0. The summed E-state index contributed by atoms with van der Waals surface area (Å²) in [5.74, 6) is 0.340. The SMILES string of the molecule is C=COC1CCC(COC(=O)CCCC(=O)OCC2CCC(OC=C)CC2)CC1. The summed E-state index contributed by atoms with van der Waals surface area (Å²) in [6.07, 6.45) is 12.4. The molecular formula is C23H36O6. The van der Waals surface area contributed by atoms with Crippen LogP contribution in [0.1, 0.15) is 70.6 Å². The Morgan fingerprint density at radius 2 is 1.07 bits per heavy atom. The number of ether oxygens (including phenoxy) is 4. The van der Waals surface area contributed by atoms with Gasteiger partial charge in [-0.2, -0.15) is 0 Å². The van der Waals surface area contributed by atoms with Crippen molar-refractivity contribution >= 4 is 11.9 Å². The lowest BCUT2D eigenvalue weighted by molar-refractivity contribution is -0.147. The van der Waals surface area contributed by atoms with Crippen molar-refractivity contribution in [3.8, 4) is 0 Å². The van der Waals surface area contributed by atoms with Crippen molar-refractivity contribution in [1.82, 2.24) is 0 Å². The molecule has 6 heteroatoms. The quantitative estimate of drug-likeness (QED) is 0.345. The van der Waals surface area contributed by atoms with E-state index in [1.165, 1.54) is 12.5 Å². The summed E-state index contributed by atoms with van der Waals surface area (Å²) in [7, 11) is 0. The Balaban J connectivity index is 1.47. The molecule has 0 aromatic heterocycles. The first kappa shape index (κ1) is 23.3. The zero-order valence-corrected chi connectivity index (χ0v) is 17.5. The highest BCUT2D eigenvalue weighted by Crippen LogP contribution is 2.27. The van der Waals surface area contributed by atoms with Gasteiger partial charge in [0.2, 0.25) is 0 Å². The van der Waals surface area contributed by atoms with Gasteiger partial charge in [0, 0.05) is 12.8 Å². The summed E-state index contributed by atoms with van der Waals surface area (Å²) in [6.45, 7) is 8.09. The van der Waals surface area contributed by atoms with Gasteiger partial charge in [-0.1, -0.05) is 13.2 Å². The molecule has 2 rings (SSSR count). The summed E-state index contributed by atoms with van der Waals surface area (Å²) in [5, 5.41) is 0. The molecule has 0 bridgehead atoms. The van der Waals surface area contributed by atoms with Crippen LogP contribution in [0.25, 0.3) is 0 Å². The number of esters is 2. The first-order chi connectivity index (χ1) is 14.1. The number of rotatable bonds is 12. The van der Waals surface area contributed by atoms with E-state index in [1.54, 1.807) is 0 Å². The van der Waals surface area contributed by atoms with Crippen LogP contribution in [0.3, 0.4) is 0 Å². The Labute approximate surface area is 174 Å². The lowest BCUT2D eigenvalue weighted by Gasteiger charge is -2.27. The van der Waals surface area contributed by atoms with Crippen LogP contribution in [0.5, 0.6) is 0 Å². The summed E-state index contributed by atoms with van der Waals surface area (Å²) in [4.78, 5) is 23.8. The monoisotopic (exact) mass is 408 g/mol. The molecule has 2 fully saturated rings. The van der Waals surface area contributed by atoms with Crippen molar-refractivity contribution in [2.75, 3.05) is 13.2 Å². The minimum Gasteiger partial charge on any atom is -0.499 e. The molecular weight excluding hydrogens is 372 g/mol. The molecule has 0 atom stereocenters. The minimum absolute atomic E-state index is 0.234. The van der Waals surface area contributed by atoms with Crippen LogP contribution in [-0.4, -0.2) is 37.4 Å². The van der Waals surface area contributed by atoms with Crippen LogP contribution in [0.2, 0.25) is 0 Å². The second-order valence-corrected chi connectivity index (χ2v) is 8.11. The second-order valence-electron chi connectivity index (χ2n) is 8.11. The summed E-state index contributed by atoms with van der Waals surface area (Å²) in [5.41, 5.74) is 0. The highest BCUT2D eigenvalue weighted by molar-refractivity contribution is 5.72. The number of carbonyl (C=O) groups is 2. The van der Waals surface area contributed by atoms with Crippen LogP contribution in [-0.2, 0) is 28.5 Å². The Morgan fingerprint density at radius 1 is 0.690 bits per heavy atom. The van der Waals surface area contributed by atoms with Crippen LogP contribution in [0, 0.1) is 11.8 Å². The zero-order chi connectivity index (χ0) is 20.9. The molecule has 6 nitrogen and oxygen atoms in total. The van der Waals surface area contributed by atoms with Gasteiger partial charge in [0.25, 0.3) is 0 Å². The lowest BCUT2D eigenvalue weighted by atomic mass is 9.88. The summed E-state index contributed by atoms with van der Waals surface area (Å²) >= 11 is 0. The van der Waals surface area contributed by atoms with E-state index in [2.05, 4.69) is 13.2 Å². The van der Waals surface area contributed by atoms with Crippen LogP contribution >= 0.6 is 0 Å². The molecule has 0 unspecified atom stereocenters. The number of carbonyl (C=O) groups excluding carboxylic acids is 2. The molecule has 29 heavy (non-hydrogen) atoms.